The average molecular weight is 294 g/mol. The van der Waals surface area contributed by atoms with Crippen molar-refractivity contribution in [2.75, 3.05) is 26.7 Å². The number of aromatic nitrogens is 1. The van der Waals surface area contributed by atoms with Gasteiger partial charge in [-0.3, -0.25) is 4.98 Å². The molecule has 0 fully saturated rings. The molecule has 0 unspecified atom stereocenters. The Morgan fingerprint density at radius 1 is 1.10 bits per heavy atom. The second-order valence-electron chi connectivity index (χ2n) is 5.93. The van der Waals surface area contributed by atoms with E-state index in [0.29, 0.717) is 12.5 Å². The number of nitrogens with zero attached hydrogens (tertiary/aromatic N) is 2. The molecule has 0 saturated heterocycles. The van der Waals surface area contributed by atoms with Crippen LogP contribution in [0.3, 0.4) is 0 Å². The van der Waals surface area contributed by atoms with Crippen LogP contribution in [0.15, 0.2) is 30.6 Å². The maximum Gasteiger partial charge on any atom is 0.0459 e. The number of aliphatic hydroxyl groups excluding tert-OH is 1. The lowest BCUT2D eigenvalue weighted by molar-refractivity contribution is 0.199. The number of hydrogen-bond acceptors (Lipinski definition) is 3. The van der Waals surface area contributed by atoms with E-state index in [1.165, 1.54) is 32.4 Å². The van der Waals surface area contributed by atoms with Gasteiger partial charge in [-0.25, -0.2) is 0 Å². The molecule has 0 bridgehead atoms. The fourth-order valence-electron chi connectivity index (χ4n) is 2.35. The lowest BCUT2D eigenvalue weighted by Gasteiger charge is -2.22. The smallest absolute Gasteiger partial charge is 0.0459 e. The van der Waals surface area contributed by atoms with Crippen molar-refractivity contribution in [3.8, 4) is 0 Å². The molecule has 1 heterocycles. The molecule has 21 heavy (non-hydrogen) atoms. The highest BCUT2D eigenvalue weighted by Crippen LogP contribution is 2.15. The Labute approximate surface area is 131 Å². The number of pyridine rings is 1. The molecule has 1 aromatic rings. The van der Waals surface area contributed by atoms with Gasteiger partial charge in [-0.15, -0.1) is 0 Å². The molecule has 1 aromatic heterocycles. The Bertz CT molecular complexity index is 275. The zero-order valence-electron chi connectivity index (χ0n) is 14.3. The summed E-state index contributed by atoms with van der Waals surface area (Å²) in [6.07, 6.45) is 8.26. The van der Waals surface area contributed by atoms with Gasteiger partial charge in [0.15, 0.2) is 0 Å². The van der Waals surface area contributed by atoms with Crippen molar-refractivity contribution in [1.29, 1.82) is 0 Å². The third-order valence-corrected chi connectivity index (χ3v) is 3.70. The summed E-state index contributed by atoms with van der Waals surface area (Å²) in [7, 11) is 2.20. The van der Waals surface area contributed by atoms with Gasteiger partial charge in [0.25, 0.3) is 0 Å². The predicted octanol–water partition coefficient (Wildman–Crippen LogP) is 3.84. The van der Waals surface area contributed by atoms with Crippen LogP contribution in [-0.4, -0.2) is 41.7 Å². The molecule has 3 heteroatoms. The van der Waals surface area contributed by atoms with Gasteiger partial charge in [-0.05, 0) is 56.8 Å². The molecule has 0 aliphatic heterocycles. The topological polar surface area (TPSA) is 36.4 Å². The molecule has 0 radical (unpaired) electrons. The SMILES string of the molecule is CCCN(C)C[C@@H](C)CC[C@@H](CC)CO.c1ccncc1. The first-order valence-corrected chi connectivity index (χ1v) is 8.28. The molecule has 0 saturated carbocycles. The van der Waals surface area contributed by atoms with Gasteiger partial charge in [0, 0.05) is 25.5 Å². The summed E-state index contributed by atoms with van der Waals surface area (Å²) in [6, 6.07) is 5.72. The van der Waals surface area contributed by atoms with E-state index < -0.39 is 0 Å². The van der Waals surface area contributed by atoms with Gasteiger partial charge in [0.05, 0.1) is 0 Å². The minimum Gasteiger partial charge on any atom is -0.396 e. The molecule has 1 N–H and O–H groups in total. The molecule has 0 spiro atoms. The van der Waals surface area contributed by atoms with Crippen LogP contribution in [0.5, 0.6) is 0 Å². The summed E-state index contributed by atoms with van der Waals surface area (Å²) in [6.45, 7) is 9.44. The van der Waals surface area contributed by atoms with Crippen molar-refractivity contribution in [2.45, 2.75) is 46.5 Å². The van der Waals surface area contributed by atoms with Crippen LogP contribution >= 0.6 is 0 Å². The molecule has 2 atom stereocenters. The lowest BCUT2D eigenvalue weighted by atomic mass is 9.95. The maximum atomic E-state index is 9.09. The van der Waals surface area contributed by atoms with E-state index in [2.05, 4.69) is 37.7 Å². The summed E-state index contributed by atoms with van der Waals surface area (Å²) in [5, 5.41) is 9.09. The lowest BCUT2D eigenvalue weighted by Crippen LogP contribution is -2.25. The van der Waals surface area contributed by atoms with E-state index >= 15 is 0 Å². The van der Waals surface area contributed by atoms with Gasteiger partial charge in [-0.2, -0.15) is 0 Å². The van der Waals surface area contributed by atoms with Crippen LogP contribution in [-0.2, 0) is 0 Å². The Hall–Kier alpha value is -0.930. The van der Waals surface area contributed by atoms with Crippen LogP contribution in [0.25, 0.3) is 0 Å². The van der Waals surface area contributed by atoms with E-state index in [4.69, 9.17) is 5.11 Å². The molecular formula is C18H34N2O. The Morgan fingerprint density at radius 2 is 1.76 bits per heavy atom. The third kappa shape index (κ3) is 12.5. The molecule has 3 nitrogen and oxygen atoms in total. The second kappa shape index (κ2) is 14.0. The van der Waals surface area contributed by atoms with Crippen molar-refractivity contribution in [2.24, 2.45) is 11.8 Å². The molecule has 0 amide bonds. The monoisotopic (exact) mass is 294 g/mol. The van der Waals surface area contributed by atoms with Gasteiger partial charge < -0.3 is 10.0 Å². The normalized spacial score (nSPS) is 13.4. The van der Waals surface area contributed by atoms with Gasteiger partial charge in [0.2, 0.25) is 0 Å². The Morgan fingerprint density at radius 3 is 2.14 bits per heavy atom. The van der Waals surface area contributed by atoms with Crippen molar-refractivity contribution in [3.05, 3.63) is 30.6 Å². The van der Waals surface area contributed by atoms with Gasteiger partial charge >= 0.3 is 0 Å². The van der Waals surface area contributed by atoms with Crippen LogP contribution in [0.1, 0.15) is 46.5 Å². The van der Waals surface area contributed by atoms with Crippen LogP contribution < -0.4 is 0 Å². The van der Waals surface area contributed by atoms with Crippen molar-refractivity contribution in [3.63, 3.8) is 0 Å². The van der Waals surface area contributed by atoms with E-state index in [1.807, 2.05) is 18.2 Å². The van der Waals surface area contributed by atoms with Crippen molar-refractivity contribution in [1.82, 2.24) is 9.88 Å². The second-order valence-corrected chi connectivity index (χ2v) is 5.93. The fraction of sp³-hybridized carbons (Fsp3) is 0.722. The van der Waals surface area contributed by atoms with E-state index in [0.717, 1.165) is 12.3 Å². The first-order valence-electron chi connectivity index (χ1n) is 8.28. The minimum absolute atomic E-state index is 0.355. The molecule has 122 valence electrons. The van der Waals surface area contributed by atoms with Gasteiger partial charge in [0.1, 0.15) is 0 Å². The molecule has 1 rings (SSSR count). The highest BCUT2D eigenvalue weighted by Gasteiger charge is 2.09. The summed E-state index contributed by atoms with van der Waals surface area (Å²) >= 11 is 0. The average Bonchev–Trinajstić information content (AvgIpc) is 2.51. The maximum absolute atomic E-state index is 9.09. The molecular weight excluding hydrogens is 260 g/mol. The Kier molecular flexibility index (Phi) is 13.4. The number of aliphatic hydroxyl groups is 1. The van der Waals surface area contributed by atoms with Crippen LogP contribution in [0.4, 0.5) is 0 Å². The minimum atomic E-state index is 0.355. The quantitative estimate of drug-likeness (QED) is 0.751. The van der Waals surface area contributed by atoms with E-state index in [9.17, 15) is 0 Å². The van der Waals surface area contributed by atoms with E-state index in [1.54, 1.807) is 12.4 Å². The summed E-state index contributed by atoms with van der Waals surface area (Å²) in [5.41, 5.74) is 0. The van der Waals surface area contributed by atoms with Gasteiger partial charge in [-0.1, -0.05) is 33.3 Å². The first kappa shape index (κ1) is 20.1. The molecule has 0 aliphatic rings. The fourth-order valence-corrected chi connectivity index (χ4v) is 2.35. The number of rotatable bonds is 9. The standard InChI is InChI=1S/C13H29NO.C5H5N/c1-5-9-14(4)10-12(3)7-8-13(6-2)11-15;1-2-4-6-5-3-1/h12-13,15H,5-11H2,1-4H3;1-5H/t12-,13+;/m0./s1. The molecule has 0 aromatic carbocycles. The predicted molar refractivity (Wildman–Crippen MR) is 91.3 cm³/mol. The zero-order chi connectivity index (χ0) is 15.9. The summed E-state index contributed by atoms with van der Waals surface area (Å²) in [4.78, 5) is 6.19. The highest BCUT2D eigenvalue weighted by atomic mass is 16.3. The molecule has 0 aliphatic carbocycles. The van der Waals surface area contributed by atoms with Crippen LogP contribution in [0, 0.1) is 11.8 Å². The van der Waals surface area contributed by atoms with Crippen LogP contribution in [0.2, 0.25) is 0 Å². The largest absolute Gasteiger partial charge is 0.396 e. The summed E-state index contributed by atoms with van der Waals surface area (Å²) in [5.74, 6) is 1.27. The van der Waals surface area contributed by atoms with Crippen molar-refractivity contribution >= 4 is 0 Å². The number of hydrogen-bond donors (Lipinski definition) is 1. The summed E-state index contributed by atoms with van der Waals surface area (Å²) < 4.78 is 0. The van der Waals surface area contributed by atoms with Crippen molar-refractivity contribution < 1.29 is 5.11 Å². The highest BCUT2D eigenvalue weighted by molar-refractivity contribution is 4.88. The third-order valence-electron chi connectivity index (χ3n) is 3.70. The Balaban J connectivity index is 0.000000547. The first-order chi connectivity index (χ1) is 10.1. The van der Waals surface area contributed by atoms with E-state index in [-0.39, 0.29) is 0 Å². The zero-order valence-corrected chi connectivity index (χ0v) is 14.3.